The first kappa shape index (κ1) is 14.3. The molecule has 6 heteroatoms. The van der Waals surface area contributed by atoms with E-state index in [2.05, 4.69) is 10.2 Å². The molecule has 1 aromatic rings. The Morgan fingerprint density at radius 3 is 2.84 bits per heavy atom. The minimum atomic E-state index is 0.171. The molecule has 4 nitrogen and oxygen atoms in total. The van der Waals surface area contributed by atoms with Crippen molar-refractivity contribution in [3.63, 3.8) is 0 Å². The standard InChI is InChI=1S/C13H18N2O2S2/c1-14-13(18)15-6-7-19-12(15)10-8-9(16-2)4-5-11(10)17-3/h4-5,8,12H,6-7H2,1-3H3,(H,14,18). The molecule has 1 aromatic carbocycles. The Kier molecular flexibility index (Phi) is 4.76. The molecule has 1 N–H and O–H groups in total. The molecular weight excluding hydrogens is 280 g/mol. The molecule has 0 amide bonds. The van der Waals surface area contributed by atoms with Gasteiger partial charge in [0.1, 0.15) is 16.9 Å². The number of nitrogens with zero attached hydrogens (tertiary/aromatic N) is 1. The van der Waals surface area contributed by atoms with Crippen molar-refractivity contribution in [2.75, 3.05) is 33.6 Å². The van der Waals surface area contributed by atoms with Crippen LogP contribution in [0.25, 0.3) is 0 Å². The van der Waals surface area contributed by atoms with E-state index in [1.165, 1.54) is 0 Å². The normalized spacial score (nSPS) is 18.3. The Hall–Kier alpha value is -1.14. The number of benzene rings is 1. The first-order chi connectivity index (χ1) is 9.21. The molecule has 1 fully saturated rings. The average molecular weight is 298 g/mol. The summed E-state index contributed by atoms with van der Waals surface area (Å²) in [6.45, 7) is 0.940. The molecule has 1 atom stereocenters. The lowest BCUT2D eigenvalue weighted by Gasteiger charge is -2.27. The summed E-state index contributed by atoms with van der Waals surface area (Å²) in [5.74, 6) is 2.75. The minimum Gasteiger partial charge on any atom is -0.497 e. The molecule has 104 valence electrons. The molecule has 0 aromatic heterocycles. The van der Waals surface area contributed by atoms with E-state index in [4.69, 9.17) is 21.7 Å². The van der Waals surface area contributed by atoms with Crippen molar-refractivity contribution in [2.24, 2.45) is 0 Å². The molecule has 19 heavy (non-hydrogen) atoms. The lowest BCUT2D eigenvalue weighted by Crippen LogP contribution is -2.37. The third-order valence-electron chi connectivity index (χ3n) is 3.07. The van der Waals surface area contributed by atoms with Crippen LogP contribution in [-0.2, 0) is 0 Å². The van der Waals surface area contributed by atoms with Crippen molar-refractivity contribution in [1.82, 2.24) is 10.2 Å². The molecule has 1 unspecified atom stereocenters. The summed E-state index contributed by atoms with van der Waals surface area (Å²) in [6.07, 6.45) is 0. The summed E-state index contributed by atoms with van der Waals surface area (Å²) >= 11 is 7.22. The maximum atomic E-state index is 5.46. The van der Waals surface area contributed by atoms with Crippen molar-refractivity contribution >= 4 is 29.1 Å². The van der Waals surface area contributed by atoms with Crippen molar-refractivity contribution in [3.8, 4) is 11.5 Å². The van der Waals surface area contributed by atoms with Gasteiger partial charge < -0.3 is 19.7 Å². The Morgan fingerprint density at radius 2 is 2.21 bits per heavy atom. The molecule has 2 rings (SSSR count). The molecule has 1 aliphatic rings. The van der Waals surface area contributed by atoms with Crippen LogP contribution in [0, 0.1) is 0 Å². The molecule has 1 saturated heterocycles. The smallest absolute Gasteiger partial charge is 0.169 e. The zero-order chi connectivity index (χ0) is 13.8. The predicted molar refractivity (Wildman–Crippen MR) is 83.1 cm³/mol. The lowest BCUT2D eigenvalue weighted by molar-refractivity contribution is 0.382. The highest BCUT2D eigenvalue weighted by atomic mass is 32.2. The fourth-order valence-corrected chi connectivity index (χ4v) is 3.65. The van der Waals surface area contributed by atoms with Gasteiger partial charge in [-0.1, -0.05) is 0 Å². The van der Waals surface area contributed by atoms with E-state index in [9.17, 15) is 0 Å². The fraction of sp³-hybridized carbons (Fsp3) is 0.462. The van der Waals surface area contributed by atoms with Gasteiger partial charge in [-0.05, 0) is 30.4 Å². The Labute approximate surface area is 123 Å². The molecule has 0 radical (unpaired) electrons. The Balaban J connectivity index is 2.36. The van der Waals surface area contributed by atoms with Crippen molar-refractivity contribution in [1.29, 1.82) is 0 Å². The number of ether oxygens (including phenoxy) is 2. The van der Waals surface area contributed by atoms with Crippen LogP contribution >= 0.6 is 24.0 Å². The van der Waals surface area contributed by atoms with Crippen LogP contribution in [0.1, 0.15) is 10.9 Å². The van der Waals surface area contributed by atoms with Crippen LogP contribution in [0.15, 0.2) is 18.2 Å². The quantitative estimate of drug-likeness (QED) is 0.862. The molecule has 0 aliphatic carbocycles. The second kappa shape index (κ2) is 6.34. The van der Waals surface area contributed by atoms with Gasteiger partial charge in [0.25, 0.3) is 0 Å². The van der Waals surface area contributed by atoms with Gasteiger partial charge in [-0.3, -0.25) is 0 Å². The summed E-state index contributed by atoms with van der Waals surface area (Å²) in [4.78, 5) is 2.18. The summed E-state index contributed by atoms with van der Waals surface area (Å²) in [6, 6.07) is 5.86. The van der Waals surface area contributed by atoms with E-state index < -0.39 is 0 Å². The summed E-state index contributed by atoms with van der Waals surface area (Å²) in [7, 11) is 5.21. The van der Waals surface area contributed by atoms with E-state index >= 15 is 0 Å². The maximum absolute atomic E-state index is 5.46. The van der Waals surface area contributed by atoms with Gasteiger partial charge in [0, 0.05) is 24.9 Å². The topological polar surface area (TPSA) is 33.7 Å². The number of nitrogens with one attached hydrogen (secondary N) is 1. The third kappa shape index (κ3) is 2.90. The summed E-state index contributed by atoms with van der Waals surface area (Å²) in [5, 5.41) is 3.98. The summed E-state index contributed by atoms with van der Waals surface area (Å²) in [5.41, 5.74) is 1.10. The average Bonchev–Trinajstić information content (AvgIpc) is 2.94. The van der Waals surface area contributed by atoms with E-state index in [1.807, 2.05) is 37.0 Å². The zero-order valence-electron chi connectivity index (χ0n) is 11.3. The van der Waals surface area contributed by atoms with Gasteiger partial charge in [-0.2, -0.15) is 0 Å². The first-order valence-corrected chi connectivity index (χ1v) is 7.48. The summed E-state index contributed by atoms with van der Waals surface area (Å²) < 4.78 is 10.8. The van der Waals surface area contributed by atoms with Gasteiger partial charge in [0.05, 0.1) is 14.2 Å². The van der Waals surface area contributed by atoms with E-state index in [1.54, 1.807) is 14.2 Å². The highest BCUT2D eigenvalue weighted by Crippen LogP contribution is 2.43. The largest absolute Gasteiger partial charge is 0.497 e. The molecule has 0 saturated carbocycles. The van der Waals surface area contributed by atoms with Gasteiger partial charge in [-0.25, -0.2) is 0 Å². The van der Waals surface area contributed by atoms with Crippen LogP contribution in [0.5, 0.6) is 11.5 Å². The molecule has 1 aliphatic heterocycles. The van der Waals surface area contributed by atoms with Gasteiger partial charge >= 0.3 is 0 Å². The Morgan fingerprint density at radius 1 is 1.42 bits per heavy atom. The van der Waals surface area contributed by atoms with Crippen molar-refractivity contribution < 1.29 is 9.47 Å². The van der Waals surface area contributed by atoms with Crippen LogP contribution in [0.3, 0.4) is 0 Å². The highest BCUT2D eigenvalue weighted by Gasteiger charge is 2.30. The lowest BCUT2D eigenvalue weighted by atomic mass is 10.1. The molecular formula is C13H18N2O2S2. The molecule has 0 spiro atoms. The van der Waals surface area contributed by atoms with E-state index in [0.29, 0.717) is 0 Å². The van der Waals surface area contributed by atoms with Gasteiger partial charge in [-0.15, -0.1) is 11.8 Å². The number of thiocarbonyl (C=S) groups is 1. The van der Waals surface area contributed by atoms with E-state index in [-0.39, 0.29) is 5.37 Å². The second-order valence-corrected chi connectivity index (χ2v) is 5.65. The van der Waals surface area contributed by atoms with Gasteiger partial charge in [0.2, 0.25) is 0 Å². The zero-order valence-corrected chi connectivity index (χ0v) is 12.9. The van der Waals surface area contributed by atoms with Crippen LogP contribution in [0.4, 0.5) is 0 Å². The predicted octanol–water partition coefficient (Wildman–Crippen LogP) is 2.26. The monoisotopic (exact) mass is 298 g/mol. The molecule has 1 heterocycles. The second-order valence-electron chi connectivity index (χ2n) is 4.08. The van der Waals surface area contributed by atoms with Crippen LogP contribution < -0.4 is 14.8 Å². The minimum absolute atomic E-state index is 0.171. The fourth-order valence-electron chi connectivity index (χ4n) is 2.11. The van der Waals surface area contributed by atoms with E-state index in [0.717, 1.165) is 34.5 Å². The van der Waals surface area contributed by atoms with Crippen molar-refractivity contribution in [3.05, 3.63) is 23.8 Å². The van der Waals surface area contributed by atoms with Crippen LogP contribution in [-0.4, -0.2) is 43.6 Å². The molecule has 0 bridgehead atoms. The number of hydrogen-bond donors (Lipinski definition) is 1. The number of methoxy groups -OCH3 is 2. The first-order valence-electron chi connectivity index (χ1n) is 6.03. The SMILES string of the molecule is CNC(=S)N1CCSC1c1cc(OC)ccc1OC. The number of hydrogen-bond acceptors (Lipinski definition) is 4. The highest BCUT2D eigenvalue weighted by molar-refractivity contribution is 7.99. The number of rotatable bonds is 3. The van der Waals surface area contributed by atoms with Crippen LogP contribution in [0.2, 0.25) is 0 Å². The number of thioether (sulfide) groups is 1. The van der Waals surface area contributed by atoms with Crippen molar-refractivity contribution in [2.45, 2.75) is 5.37 Å². The maximum Gasteiger partial charge on any atom is 0.169 e. The van der Waals surface area contributed by atoms with Gasteiger partial charge in [0.15, 0.2) is 5.11 Å². The Bertz CT molecular complexity index is 468. The third-order valence-corrected chi connectivity index (χ3v) is 4.75.